The molecule has 88 valence electrons. The van der Waals surface area contributed by atoms with Gasteiger partial charge in [-0.25, -0.2) is 4.57 Å². The Balaban J connectivity index is 0. The first-order valence-corrected chi connectivity index (χ1v) is 4.68. The third-order valence-electron chi connectivity index (χ3n) is 2.35. The molecule has 0 spiro atoms. The summed E-state index contributed by atoms with van der Waals surface area (Å²) in [6.07, 6.45) is 2.00. The average Bonchev–Trinajstić information content (AvgIpc) is 2.08. The molecular formula is C10H19Br2N3. The van der Waals surface area contributed by atoms with Crippen molar-refractivity contribution in [3.63, 3.8) is 0 Å². The Hall–Kier alpha value is -0.130. The third kappa shape index (κ3) is 5.49. The predicted octanol–water partition coefficient (Wildman–Crippen LogP) is -6.17. The van der Waals surface area contributed by atoms with E-state index in [1.54, 1.807) is 0 Å². The zero-order valence-corrected chi connectivity index (χ0v) is 12.3. The lowest BCUT2D eigenvalue weighted by atomic mass is 10.1. The third-order valence-corrected chi connectivity index (χ3v) is 2.35. The number of pyridine rings is 1. The van der Waals surface area contributed by atoms with Gasteiger partial charge in [0.05, 0.1) is 6.20 Å². The Morgan fingerprint density at radius 3 is 2.40 bits per heavy atom. The summed E-state index contributed by atoms with van der Waals surface area (Å²) in [5.74, 6) is 1.39. The molecule has 0 saturated heterocycles. The van der Waals surface area contributed by atoms with Crippen LogP contribution in [0, 0.1) is 5.92 Å². The van der Waals surface area contributed by atoms with Crippen LogP contribution >= 0.6 is 0 Å². The monoisotopic (exact) mass is 339 g/mol. The minimum absolute atomic E-state index is 0. The van der Waals surface area contributed by atoms with Crippen LogP contribution in [0.2, 0.25) is 0 Å². The molecule has 3 nitrogen and oxygen atoms in total. The largest absolute Gasteiger partial charge is 1.00 e. The van der Waals surface area contributed by atoms with Crippen molar-refractivity contribution in [2.45, 2.75) is 26.4 Å². The Morgan fingerprint density at radius 2 is 1.93 bits per heavy atom. The van der Waals surface area contributed by atoms with Crippen LogP contribution in [0.4, 0.5) is 5.82 Å². The zero-order chi connectivity index (χ0) is 9.84. The second kappa shape index (κ2) is 8.07. The lowest BCUT2D eigenvalue weighted by Gasteiger charge is -2.11. The molecule has 0 aliphatic heterocycles. The van der Waals surface area contributed by atoms with Crippen molar-refractivity contribution in [1.29, 1.82) is 0 Å². The maximum absolute atomic E-state index is 5.80. The Morgan fingerprint density at radius 1 is 1.33 bits per heavy atom. The van der Waals surface area contributed by atoms with Gasteiger partial charge in [-0.15, -0.1) is 0 Å². The van der Waals surface area contributed by atoms with Gasteiger partial charge in [0.15, 0.2) is 0 Å². The van der Waals surface area contributed by atoms with Crippen molar-refractivity contribution in [3.8, 4) is 0 Å². The molecule has 1 atom stereocenters. The van der Waals surface area contributed by atoms with E-state index in [2.05, 4.69) is 19.6 Å². The van der Waals surface area contributed by atoms with Gasteiger partial charge in [-0.2, -0.15) is 0 Å². The van der Waals surface area contributed by atoms with Gasteiger partial charge in [-0.05, 0) is 6.07 Å². The summed E-state index contributed by atoms with van der Waals surface area (Å²) >= 11 is 0. The summed E-state index contributed by atoms with van der Waals surface area (Å²) in [5, 5.41) is 0. The highest BCUT2D eigenvalue weighted by Gasteiger charge is 2.15. The normalized spacial score (nSPS) is 11.5. The van der Waals surface area contributed by atoms with Gasteiger partial charge in [0.25, 0.3) is 5.82 Å². The van der Waals surface area contributed by atoms with Crippen LogP contribution in [0.5, 0.6) is 0 Å². The molecule has 0 saturated carbocycles. The molecule has 1 aromatic heterocycles. The number of anilines is 1. The molecule has 0 fully saturated rings. The van der Waals surface area contributed by atoms with Gasteiger partial charge < -0.3 is 39.7 Å². The van der Waals surface area contributed by atoms with Gasteiger partial charge in [0.1, 0.15) is 12.6 Å². The molecule has 0 aliphatic carbocycles. The summed E-state index contributed by atoms with van der Waals surface area (Å²) in [6, 6.07) is 6.25. The van der Waals surface area contributed by atoms with E-state index >= 15 is 0 Å². The second-order valence-corrected chi connectivity index (χ2v) is 3.78. The van der Waals surface area contributed by atoms with Crippen LogP contribution in [0.1, 0.15) is 13.8 Å². The van der Waals surface area contributed by atoms with Crippen molar-refractivity contribution >= 4 is 5.82 Å². The molecule has 1 heterocycles. The first-order valence-electron chi connectivity index (χ1n) is 4.68. The van der Waals surface area contributed by atoms with Crippen LogP contribution in [-0.2, 0) is 6.54 Å². The number of nitrogen functional groups attached to an aromatic ring is 1. The number of hydrogen-bond donors (Lipinski definition) is 2. The Kier molecular flexibility index (Phi) is 9.29. The van der Waals surface area contributed by atoms with Crippen molar-refractivity contribution in [1.82, 2.24) is 0 Å². The number of nitrogens with zero attached hydrogens (tertiary/aromatic N) is 1. The maximum Gasteiger partial charge on any atom is 0.272 e. The summed E-state index contributed by atoms with van der Waals surface area (Å²) in [7, 11) is 0. The van der Waals surface area contributed by atoms with Crippen molar-refractivity contribution in [3.05, 3.63) is 24.4 Å². The van der Waals surface area contributed by atoms with Gasteiger partial charge in [-0.1, -0.05) is 19.9 Å². The predicted molar refractivity (Wildman–Crippen MR) is 52.6 cm³/mol. The highest BCUT2D eigenvalue weighted by atomic mass is 79.9. The smallest absolute Gasteiger partial charge is 0.272 e. The van der Waals surface area contributed by atoms with Crippen LogP contribution in [0.25, 0.3) is 0 Å². The number of hydrogen-bond acceptors (Lipinski definition) is 1. The van der Waals surface area contributed by atoms with Crippen LogP contribution in [-0.4, -0.2) is 6.04 Å². The number of aromatic nitrogens is 1. The number of halogens is 2. The fraction of sp³-hybridized carbons (Fsp3) is 0.500. The molecule has 1 aromatic rings. The van der Waals surface area contributed by atoms with E-state index in [4.69, 9.17) is 5.73 Å². The van der Waals surface area contributed by atoms with Gasteiger partial charge >= 0.3 is 0 Å². The molecule has 15 heavy (non-hydrogen) atoms. The highest BCUT2D eigenvalue weighted by molar-refractivity contribution is 5.18. The molecule has 0 aromatic carbocycles. The molecule has 5 N–H and O–H groups in total. The fourth-order valence-electron chi connectivity index (χ4n) is 1.12. The quantitative estimate of drug-likeness (QED) is 0.529. The molecule has 0 radical (unpaired) electrons. The summed E-state index contributed by atoms with van der Waals surface area (Å²) in [6.45, 7) is 5.25. The standard InChI is InChI=1S/C10H17N3.2BrH/c1-8(2)9(11)7-13-6-4-3-5-10(13)12;;/h3-6,8-9,12H,7,11H2,1-2H3;2*1H/t9-;;/m1../s1. The number of nitrogens with two attached hydrogens (primary N) is 1. The molecule has 0 amide bonds. The van der Waals surface area contributed by atoms with E-state index < -0.39 is 0 Å². The van der Waals surface area contributed by atoms with E-state index in [-0.39, 0.29) is 34.0 Å². The number of quaternary nitrogens is 1. The van der Waals surface area contributed by atoms with Crippen molar-refractivity contribution in [2.24, 2.45) is 5.92 Å². The van der Waals surface area contributed by atoms with Crippen molar-refractivity contribution < 1.29 is 44.3 Å². The van der Waals surface area contributed by atoms with Gasteiger partial charge in [0, 0.05) is 12.0 Å². The number of rotatable bonds is 3. The topological polar surface area (TPSA) is 57.5 Å². The molecule has 0 aliphatic rings. The highest BCUT2D eigenvalue weighted by Crippen LogP contribution is 1.98. The Bertz CT molecular complexity index is 279. The van der Waals surface area contributed by atoms with Gasteiger partial charge in [0.2, 0.25) is 0 Å². The fourth-order valence-corrected chi connectivity index (χ4v) is 1.12. The van der Waals surface area contributed by atoms with E-state index in [0.29, 0.717) is 12.0 Å². The maximum atomic E-state index is 5.80. The zero-order valence-electron chi connectivity index (χ0n) is 9.16. The molecule has 0 unspecified atom stereocenters. The minimum atomic E-state index is 0. The van der Waals surface area contributed by atoms with Crippen LogP contribution < -0.4 is 50.0 Å². The van der Waals surface area contributed by atoms with Gasteiger partial charge in [-0.3, -0.25) is 5.73 Å². The summed E-state index contributed by atoms with van der Waals surface area (Å²) in [5.41, 5.74) is 9.90. The minimum Gasteiger partial charge on any atom is -1.00 e. The summed E-state index contributed by atoms with van der Waals surface area (Å²) in [4.78, 5) is 0. The lowest BCUT2D eigenvalue weighted by molar-refractivity contribution is -0.712. The average molecular weight is 341 g/mol. The van der Waals surface area contributed by atoms with E-state index in [1.165, 1.54) is 0 Å². The second-order valence-electron chi connectivity index (χ2n) is 3.78. The SMILES string of the molecule is CC(C)[C@H]([NH3+])C[n+]1ccccc1N.[Br-].[Br-]. The summed E-state index contributed by atoms with van der Waals surface area (Å²) < 4.78 is 2.04. The lowest BCUT2D eigenvalue weighted by Crippen LogP contribution is -3.00. The molecular weight excluding hydrogens is 322 g/mol. The Labute approximate surface area is 112 Å². The van der Waals surface area contributed by atoms with E-state index in [0.717, 1.165) is 12.4 Å². The molecule has 5 heteroatoms. The first kappa shape index (κ1) is 17.3. The van der Waals surface area contributed by atoms with Crippen LogP contribution in [0.3, 0.4) is 0 Å². The van der Waals surface area contributed by atoms with Crippen molar-refractivity contribution in [2.75, 3.05) is 5.73 Å². The first-order chi connectivity index (χ1) is 6.11. The van der Waals surface area contributed by atoms with E-state index in [9.17, 15) is 0 Å². The van der Waals surface area contributed by atoms with Crippen LogP contribution in [0.15, 0.2) is 24.4 Å². The molecule has 0 bridgehead atoms. The van der Waals surface area contributed by atoms with E-state index in [1.807, 2.05) is 29.0 Å². The molecule has 1 rings (SSSR count).